The Morgan fingerprint density at radius 1 is 1.21 bits per heavy atom. The number of ether oxygens (including phenoxy) is 2. The van der Waals surface area contributed by atoms with E-state index < -0.39 is 0 Å². The third-order valence-electron chi connectivity index (χ3n) is 5.13. The van der Waals surface area contributed by atoms with Crippen LogP contribution in [0.1, 0.15) is 12.8 Å². The number of methoxy groups -OCH3 is 1. The van der Waals surface area contributed by atoms with Crippen LogP contribution in [0.5, 0.6) is 5.75 Å². The SMILES string of the molecule is COc1ccccc1Nc1ccnc(N2CCCC2C(=O)N2CCOCC2)n1. The highest BCUT2D eigenvalue weighted by molar-refractivity contribution is 5.85. The summed E-state index contributed by atoms with van der Waals surface area (Å²) in [6.07, 6.45) is 3.49. The van der Waals surface area contributed by atoms with Crippen LogP contribution in [0.2, 0.25) is 0 Å². The molecular weight excluding hydrogens is 358 g/mol. The third-order valence-corrected chi connectivity index (χ3v) is 5.13. The molecule has 4 rings (SSSR count). The van der Waals surface area contributed by atoms with Crippen LogP contribution in [0.15, 0.2) is 36.5 Å². The Hall–Kier alpha value is -2.87. The molecule has 1 aromatic heterocycles. The number of hydrogen-bond donors (Lipinski definition) is 1. The van der Waals surface area contributed by atoms with Crippen molar-refractivity contribution in [3.8, 4) is 5.75 Å². The van der Waals surface area contributed by atoms with Crippen molar-refractivity contribution in [2.24, 2.45) is 0 Å². The average molecular weight is 383 g/mol. The molecule has 2 fully saturated rings. The molecule has 148 valence electrons. The number of para-hydroxylation sites is 2. The van der Waals surface area contributed by atoms with Crippen molar-refractivity contribution < 1.29 is 14.3 Å². The molecule has 8 heteroatoms. The zero-order valence-electron chi connectivity index (χ0n) is 16.0. The van der Waals surface area contributed by atoms with E-state index in [0.717, 1.165) is 30.8 Å². The predicted molar refractivity (Wildman–Crippen MR) is 106 cm³/mol. The molecule has 1 amide bonds. The second kappa shape index (κ2) is 8.43. The van der Waals surface area contributed by atoms with E-state index >= 15 is 0 Å². The van der Waals surface area contributed by atoms with E-state index in [1.54, 1.807) is 13.3 Å². The summed E-state index contributed by atoms with van der Waals surface area (Å²) in [5, 5.41) is 3.28. The number of hydrogen-bond acceptors (Lipinski definition) is 7. The number of anilines is 3. The Morgan fingerprint density at radius 3 is 2.86 bits per heavy atom. The lowest BCUT2D eigenvalue weighted by atomic mass is 10.2. The maximum Gasteiger partial charge on any atom is 0.245 e. The van der Waals surface area contributed by atoms with Gasteiger partial charge in [0.2, 0.25) is 11.9 Å². The Kier molecular flexibility index (Phi) is 5.57. The normalized spacial score (nSPS) is 19.5. The molecule has 0 aliphatic carbocycles. The minimum atomic E-state index is -0.209. The summed E-state index contributed by atoms with van der Waals surface area (Å²) < 4.78 is 10.8. The number of aromatic nitrogens is 2. The van der Waals surface area contributed by atoms with Gasteiger partial charge in [0.05, 0.1) is 26.0 Å². The highest BCUT2D eigenvalue weighted by Crippen LogP contribution is 2.28. The topological polar surface area (TPSA) is 79.8 Å². The number of rotatable bonds is 5. The zero-order chi connectivity index (χ0) is 19.3. The van der Waals surface area contributed by atoms with Crippen molar-refractivity contribution in [3.05, 3.63) is 36.5 Å². The minimum absolute atomic E-state index is 0.146. The molecule has 1 unspecified atom stereocenters. The maximum atomic E-state index is 13.0. The van der Waals surface area contributed by atoms with Crippen molar-refractivity contribution in [3.63, 3.8) is 0 Å². The smallest absolute Gasteiger partial charge is 0.245 e. The third kappa shape index (κ3) is 3.87. The van der Waals surface area contributed by atoms with E-state index in [4.69, 9.17) is 9.47 Å². The average Bonchev–Trinajstić information content (AvgIpc) is 3.24. The molecule has 2 aliphatic heterocycles. The Bertz CT molecular complexity index is 825. The Labute approximate surface area is 164 Å². The minimum Gasteiger partial charge on any atom is -0.495 e. The number of nitrogens with one attached hydrogen (secondary N) is 1. The summed E-state index contributed by atoms with van der Waals surface area (Å²) in [4.78, 5) is 26.0. The second-order valence-electron chi connectivity index (χ2n) is 6.86. The molecular formula is C20H25N5O3. The highest BCUT2D eigenvalue weighted by atomic mass is 16.5. The van der Waals surface area contributed by atoms with Gasteiger partial charge in [-0.1, -0.05) is 12.1 Å². The monoisotopic (exact) mass is 383 g/mol. The van der Waals surface area contributed by atoms with Crippen molar-refractivity contribution in [1.82, 2.24) is 14.9 Å². The fraction of sp³-hybridized carbons (Fsp3) is 0.450. The van der Waals surface area contributed by atoms with E-state index in [0.29, 0.717) is 38.1 Å². The van der Waals surface area contributed by atoms with Gasteiger partial charge in [-0.15, -0.1) is 0 Å². The summed E-state index contributed by atoms with van der Waals surface area (Å²) in [6, 6.07) is 9.28. The summed E-state index contributed by atoms with van der Waals surface area (Å²) in [7, 11) is 1.64. The molecule has 1 atom stereocenters. The molecule has 0 saturated carbocycles. The Morgan fingerprint density at radius 2 is 2.04 bits per heavy atom. The van der Waals surface area contributed by atoms with Crippen LogP contribution in [-0.4, -0.2) is 66.8 Å². The molecule has 28 heavy (non-hydrogen) atoms. The zero-order valence-corrected chi connectivity index (χ0v) is 16.0. The van der Waals surface area contributed by atoms with E-state index in [1.807, 2.05) is 40.1 Å². The molecule has 1 aromatic carbocycles. The van der Waals surface area contributed by atoms with Gasteiger partial charge >= 0.3 is 0 Å². The fourth-order valence-corrected chi connectivity index (χ4v) is 3.70. The summed E-state index contributed by atoms with van der Waals surface area (Å²) in [5.41, 5.74) is 0.831. The van der Waals surface area contributed by atoms with Gasteiger partial charge in [0.15, 0.2) is 0 Å². The lowest BCUT2D eigenvalue weighted by Crippen LogP contribution is -2.50. The summed E-state index contributed by atoms with van der Waals surface area (Å²) in [5.74, 6) is 2.12. The molecule has 0 spiro atoms. The van der Waals surface area contributed by atoms with Gasteiger partial charge in [-0.05, 0) is 31.0 Å². The lowest BCUT2D eigenvalue weighted by molar-refractivity contribution is -0.136. The molecule has 0 bridgehead atoms. The van der Waals surface area contributed by atoms with Gasteiger partial charge in [0.1, 0.15) is 17.6 Å². The van der Waals surface area contributed by atoms with Gasteiger partial charge in [-0.25, -0.2) is 4.98 Å². The van der Waals surface area contributed by atoms with Gasteiger partial charge in [-0.2, -0.15) is 4.98 Å². The first-order chi connectivity index (χ1) is 13.8. The molecule has 2 aliphatic rings. The van der Waals surface area contributed by atoms with E-state index in [2.05, 4.69) is 15.3 Å². The van der Waals surface area contributed by atoms with Crippen LogP contribution in [-0.2, 0) is 9.53 Å². The maximum absolute atomic E-state index is 13.0. The molecule has 2 saturated heterocycles. The van der Waals surface area contributed by atoms with Gasteiger partial charge in [0.25, 0.3) is 0 Å². The van der Waals surface area contributed by atoms with E-state index in [1.165, 1.54) is 0 Å². The van der Waals surface area contributed by atoms with Crippen LogP contribution in [0.25, 0.3) is 0 Å². The number of benzene rings is 1. The number of amides is 1. The predicted octanol–water partition coefficient (Wildman–Crippen LogP) is 2.06. The quantitative estimate of drug-likeness (QED) is 0.846. The molecule has 8 nitrogen and oxygen atoms in total. The van der Waals surface area contributed by atoms with Crippen molar-refractivity contribution >= 4 is 23.4 Å². The second-order valence-corrected chi connectivity index (χ2v) is 6.86. The first-order valence-electron chi connectivity index (χ1n) is 9.62. The van der Waals surface area contributed by atoms with Crippen molar-refractivity contribution in [1.29, 1.82) is 0 Å². The number of nitrogens with zero attached hydrogens (tertiary/aromatic N) is 4. The van der Waals surface area contributed by atoms with Crippen LogP contribution >= 0.6 is 0 Å². The molecule has 3 heterocycles. The number of carbonyl (C=O) groups excluding carboxylic acids is 1. The largest absolute Gasteiger partial charge is 0.495 e. The van der Waals surface area contributed by atoms with Gasteiger partial charge in [-0.3, -0.25) is 4.79 Å². The van der Waals surface area contributed by atoms with E-state index in [-0.39, 0.29) is 11.9 Å². The Balaban J connectivity index is 1.52. The first-order valence-corrected chi connectivity index (χ1v) is 9.62. The van der Waals surface area contributed by atoms with Crippen LogP contribution in [0.3, 0.4) is 0 Å². The van der Waals surface area contributed by atoms with Crippen LogP contribution < -0.4 is 15.0 Å². The van der Waals surface area contributed by atoms with Crippen molar-refractivity contribution in [2.45, 2.75) is 18.9 Å². The van der Waals surface area contributed by atoms with E-state index in [9.17, 15) is 4.79 Å². The van der Waals surface area contributed by atoms with Crippen LogP contribution in [0, 0.1) is 0 Å². The summed E-state index contributed by atoms with van der Waals surface area (Å²) in [6.45, 7) is 3.29. The first kappa shape index (κ1) is 18.5. The summed E-state index contributed by atoms with van der Waals surface area (Å²) >= 11 is 0. The number of morpholine rings is 1. The fourth-order valence-electron chi connectivity index (χ4n) is 3.70. The molecule has 0 radical (unpaired) electrons. The lowest BCUT2D eigenvalue weighted by Gasteiger charge is -2.32. The van der Waals surface area contributed by atoms with Gasteiger partial charge < -0.3 is 24.6 Å². The standard InChI is InChI=1S/C20H25N5O3/c1-27-17-7-3-2-5-15(17)22-18-8-9-21-20(23-18)25-10-4-6-16(25)19(26)24-11-13-28-14-12-24/h2-3,5,7-9,16H,4,6,10-14H2,1H3,(H,21,22,23). The molecule has 2 aromatic rings. The van der Waals surface area contributed by atoms with Crippen molar-refractivity contribution in [2.75, 3.05) is 50.2 Å². The van der Waals surface area contributed by atoms with Gasteiger partial charge in [0, 0.05) is 25.8 Å². The number of carbonyl (C=O) groups is 1. The highest BCUT2D eigenvalue weighted by Gasteiger charge is 2.35. The van der Waals surface area contributed by atoms with Crippen LogP contribution in [0.4, 0.5) is 17.5 Å². The molecule has 1 N–H and O–H groups in total.